The van der Waals surface area contributed by atoms with Gasteiger partial charge >= 0.3 is 0 Å². The summed E-state index contributed by atoms with van der Waals surface area (Å²) < 4.78 is 38.4. The SMILES string of the molecule is CCNC(=NCC1(CCOCC)CCCC1)NCCS(=O)(=O)NCC1CCCCO1. The lowest BCUT2D eigenvalue weighted by atomic mass is 9.83. The van der Waals surface area contributed by atoms with Crippen molar-refractivity contribution >= 4 is 16.0 Å². The Labute approximate surface area is 183 Å². The van der Waals surface area contributed by atoms with E-state index in [0.717, 1.165) is 58.6 Å². The van der Waals surface area contributed by atoms with Crippen LogP contribution >= 0.6 is 0 Å². The molecule has 1 saturated carbocycles. The highest BCUT2D eigenvalue weighted by Gasteiger charge is 2.33. The molecule has 8 nitrogen and oxygen atoms in total. The summed E-state index contributed by atoms with van der Waals surface area (Å²) in [6.07, 6.45) is 8.98. The second kappa shape index (κ2) is 13.5. The Morgan fingerprint density at radius 2 is 1.97 bits per heavy atom. The summed E-state index contributed by atoms with van der Waals surface area (Å²) in [6, 6.07) is 0. The third kappa shape index (κ3) is 9.49. The third-order valence-electron chi connectivity index (χ3n) is 6.03. The van der Waals surface area contributed by atoms with E-state index in [1.54, 1.807) is 0 Å². The van der Waals surface area contributed by atoms with Gasteiger partial charge in [0.2, 0.25) is 10.0 Å². The molecule has 0 bridgehead atoms. The van der Waals surface area contributed by atoms with Gasteiger partial charge in [-0.25, -0.2) is 13.1 Å². The lowest BCUT2D eigenvalue weighted by Crippen LogP contribution is -2.43. The maximum Gasteiger partial charge on any atom is 0.213 e. The molecule has 0 radical (unpaired) electrons. The van der Waals surface area contributed by atoms with Gasteiger partial charge in [0.25, 0.3) is 0 Å². The van der Waals surface area contributed by atoms with Crippen LogP contribution in [0, 0.1) is 5.41 Å². The van der Waals surface area contributed by atoms with Crippen LogP contribution in [0.1, 0.15) is 65.2 Å². The van der Waals surface area contributed by atoms with E-state index in [9.17, 15) is 8.42 Å². The van der Waals surface area contributed by atoms with Crippen molar-refractivity contribution in [3.05, 3.63) is 0 Å². The molecule has 0 aromatic heterocycles. The van der Waals surface area contributed by atoms with Gasteiger partial charge in [-0.2, -0.15) is 0 Å². The van der Waals surface area contributed by atoms with Gasteiger partial charge in [-0.3, -0.25) is 4.99 Å². The maximum absolute atomic E-state index is 12.3. The van der Waals surface area contributed by atoms with Crippen molar-refractivity contribution < 1.29 is 17.9 Å². The van der Waals surface area contributed by atoms with E-state index in [1.165, 1.54) is 25.7 Å². The Balaban J connectivity index is 1.79. The molecule has 0 spiro atoms. The van der Waals surface area contributed by atoms with E-state index in [-0.39, 0.29) is 17.3 Å². The Kier molecular flexibility index (Phi) is 11.4. The van der Waals surface area contributed by atoms with Crippen molar-refractivity contribution in [3.63, 3.8) is 0 Å². The summed E-state index contributed by atoms with van der Waals surface area (Å²) in [6.45, 7) is 8.46. The van der Waals surface area contributed by atoms with Crippen molar-refractivity contribution in [1.82, 2.24) is 15.4 Å². The molecule has 0 aromatic carbocycles. The first-order valence-corrected chi connectivity index (χ1v) is 13.3. The van der Waals surface area contributed by atoms with Crippen molar-refractivity contribution in [2.45, 2.75) is 71.3 Å². The van der Waals surface area contributed by atoms with Crippen LogP contribution in [0.4, 0.5) is 0 Å². The number of nitrogens with zero attached hydrogens (tertiary/aromatic N) is 1. The minimum atomic E-state index is -3.34. The highest BCUT2D eigenvalue weighted by Crippen LogP contribution is 2.41. The molecular formula is C21H42N4O4S. The zero-order chi connectivity index (χ0) is 21.7. The molecule has 1 aliphatic carbocycles. The summed E-state index contributed by atoms with van der Waals surface area (Å²) >= 11 is 0. The second-order valence-electron chi connectivity index (χ2n) is 8.43. The molecule has 2 rings (SSSR count). The number of hydrogen-bond donors (Lipinski definition) is 3. The zero-order valence-electron chi connectivity index (χ0n) is 18.9. The van der Waals surface area contributed by atoms with Gasteiger partial charge in [-0.15, -0.1) is 0 Å². The monoisotopic (exact) mass is 446 g/mol. The Morgan fingerprint density at radius 1 is 1.17 bits per heavy atom. The zero-order valence-corrected chi connectivity index (χ0v) is 19.7. The predicted molar refractivity (Wildman–Crippen MR) is 121 cm³/mol. The molecule has 1 atom stereocenters. The van der Waals surface area contributed by atoms with Crippen LogP contribution in [0.15, 0.2) is 4.99 Å². The first-order chi connectivity index (χ1) is 14.5. The summed E-state index contributed by atoms with van der Waals surface area (Å²) in [5, 5.41) is 6.41. The standard InChI is InChI=1S/C21H42N4O4S/c1-3-22-20(24-18-21(10-6-7-11-21)12-15-28-4-2)23-13-16-30(26,27)25-17-19-9-5-8-14-29-19/h19,25H,3-18H2,1-2H3,(H2,22,23,24). The number of ether oxygens (including phenoxy) is 2. The fraction of sp³-hybridized carbons (Fsp3) is 0.952. The summed E-state index contributed by atoms with van der Waals surface area (Å²) in [5.41, 5.74) is 0.213. The topological polar surface area (TPSA) is 101 Å². The van der Waals surface area contributed by atoms with Gasteiger partial charge < -0.3 is 20.1 Å². The van der Waals surface area contributed by atoms with Gasteiger partial charge in [-0.1, -0.05) is 12.8 Å². The van der Waals surface area contributed by atoms with E-state index in [1.807, 2.05) is 13.8 Å². The Morgan fingerprint density at radius 3 is 2.63 bits per heavy atom. The van der Waals surface area contributed by atoms with Gasteiger partial charge in [0.15, 0.2) is 5.96 Å². The highest BCUT2D eigenvalue weighted by atomic mass is 32.2. The maximum atomic E-state index is 12.3. The fourth-order valence-corrected chi connectivity index (χ4v) is 5.15. The van der Waals surface area contributed by atoms with Crippen molar-refractivity contribution in [3.8, 4) is 0 Å². The Hall–Kier alpha value is -0.900. The van der Waals surface area contributed by atoms with Gasteiger partial charge in [0, 0.05) is 46.0 Å². The molecule has 30 heavy (non-hydrogen) atoms. The molecule has 1 aliphatic heterocycles. The number of sulfonamides is 1. The lowest BCUT2D eigenvalue weighted by molar-refractivity contribution is 0.0200. The second-order valence-corrected chi connectivity index (χ2v) is 10.4. The Bertz CT molecular complexity index is 600. The van der Waals surface area contributed by atoms with E-state index >= 15 is 0 Å². The number of rotatable bonds is 13. The molecular weight excluding hydrogens is 404 g/mol. The van der Waals surface area contributed by atoms with Crippen LogP contribution in [0.2, 0.25) is 0 Å². The molecule has 0 aromatic rings. The van der Waals surface area contributed by atoms with Crippen molar-refractivity contribution in [2.24, 2.45) is 10.4 Å². The molecule has 2 fully saturated rings. The van der Waals surface area contributed by atoms with Crippen LogP contribution in [0.5, 0.6) is 0 Å². The first-order valence-electron chi connectivity index (χ1n) is 11.7. The van der Waals surface area contributed by atoms with Crippen LogP contribution < -0.4 is 15.4 Å². The summed E-state index contributed by atoms with van der Waals surface area (Å²) in [5.74, 6) is 0.700. The quantitative estimate of drug-likeness (QED) is 0.227. The molecule has 1 heterocycles. The number of guanidine groups is 1. The fourth-order valence-electron chi connectivity index (χ4n) is 4.20. The number of aliphatic imine (C=N–C) groups is 1. The third-order valence-corrected chi connectivity index (χ3v) is 7.38. The molecule has 0 amide bonds. The van der Waals surface area contributed by atoms with Crippen LogP contribution in [-0.4, -0.2) is 72.2 Å². The largest absolute Gasteiger partial charge is 0.382 e. The van der Waals surface area contributed by atoms with E-state index < -0.39 is 10.0 Å². The summed E-state index contributed by atoms with van der Waals surface area (Å²) in [7, 11) is -3.34. The lowest BCUT2D eigenvalue weighted by Gasteiger charge is -2.27. The van der Waals surface area contributed by atoms with Gasteiger partial charge in [0.05, 0.1) is 11.9 Å². The molecule has 3 N–H and O–H groups in total. The van der Waals surface area contributed by atoms with Crippen molar-refractivity contribution in [1.29, 1.82) is 0 Å². The number of hydrogen-bond acceptors (Lipinski definition) is 5. The van der Waals surface area contributed by atoms with Gasteiger partial charge in [0.1, 0.15) is 0 Å². The predicted octanol–water partition coefficient (Wildman–Crippen LogP) is 2.02. The normalized spacial score (nSPS) is 22.2. The smallest absolute Gasteiger partial charge is 0.213 e. The van der Waals surface area contributed by atoms with Gasteiger partial charge in [-0.05, 0) is 57.8 Å². The average molecular weight is 447 g/mol. The van der Waals surface area contributed by atoms with Crippen LogP contribution in [0.25, 0.3) is 0 Å². The minimum Gasteiger partial charge on any atom is -0.382 e. The van der Waals surface area contributed by atoms with Crippen molar-refractivity contribution in [2.75, 3.05) is 51.8 Å². The molecule has 2 aliphatic rings. The van der Waals surface area contributed by atoms with E-state index in [0.29, 0.717) is 19.0 Å². The highest BCUT2D eigenvalue weighted by molar-refractivity contribution is 7.89. The first kappa shape index (κ1) is 25.4. The summed E-state index contributed by atoms with van der Waals surface area (Å²) in [4.78, 5) is 4.79. The van der Waals surface area contributed by atoms with E-state index in [4.69, 9.17) is 14.5 Å². The molecule has 176 valence electrons. The van der Waals surface area contributed by atoms with Crippen LogP contribution in [0.3, 0.4) is 0 Å². The van der Waals surface area contributed by atoms with E-state index in [2.05, 4.69) is 15.4 Å². The molecule has 9 heteroatoms. The minimum absolute atomic E-state index is 0.000320. The van der Waals surface area contributed by atoms with Crippen LogP contribution in [-0.2, 0) is 19.5 Å². The molecule has 1 saturated heterocycles. The number of nitrogens with one attached hydrogen (secondary N) is 3. The molecule has 1 unspecified atom stereocenters. The average Bonchev–Trinajstić information content (AvgIpc) is 3.21.